The van der Waals surface area contributed by atoms with Crippen LogP contribution in [0.5, 0.6) is 0 Å². The number of carbonyl (C=O) groups excluding carboxylic acids is 1. The lowest BCUT2D eigenvalue weighted by atomic mass is 9.81. The molecule has 0 bridgehead atoms. The first-order valence-corrected chi connectivity index (χ1v) is 6.92. The van der Waals surface area contributed by atoms with Crippen LogP contribution in [0.15, 0.2) is 18.2 Å². The summed E-state index contributed by atoms with van der Waals surface area (Å²) in [7, 11) is 4.31. The molecule has 108 valence electrons. The van der Waals surface area contributed by atoms with Crippen LogP contribution < -0.4 is 10.6 Å². The number of carbonyl (C=O) groups is 1. The summed E-state index contributed by atoms with van der Waals surface area (Å²) in [5, 5.41) is 0. The van der Waals surface area contributed by atoms with Gasteiger partial charge in [0.15, 0.2) is 0 Å². The van der Waals surface area contributed by atoms with Crippen LogP contribution >= 0.6 is 0 Å². The van der Waals surface area contributed by atoms with Crippen LogP contribution in [0, 0.1) is 0 Å². The van der Waals surface area contributed by atoms with Crippen molar-refractivity contribution in [3.05, 3.63) is 29.3 Å². The van der Waals surface area contributed by atoms with Crippen molar-refractivity contribution in [2.45, 2.75) is 31.5 Å². The molecular formula is C15H21N3O2. The lowest BCUT2D eigenvalue weighted by Crippen LogP contribution is -2.45. The van der Waals surface area contributed by atoms with Gasteiger partial charge in [0.05, 0.1) is 6.17 Å². The SMILES string of the molecule is CN1CCC2(C)c3ccc(COC(N)=O)cc3N(C)C12. The third-order valence-electron chi connectivity index (χ3n) is 4.78. The highest BCUT2D eigenvalue weighted by Crippen LogP contribution is 2.50. The molecule has 1 aromatic carbocycles. The van der Waals surface area contributed by atoms with E-state index >= 15 is 0 Å². The van der Waals surface area contributed by atoms with Gasteiger partial charge in [-0.3, -0.25) is 4.90 Å². The Bertz CT molecular complexity index is 560. The molecule has 20 heavy (non-hydrogen) atoms. The van der Waals surface area contributed by atoms with Gasteiger partial charge in [0, 0.05) is 24.7 Å². The Morgan fingerprint density at radius 1 is 1.50 bits per heavy atom. The molecule has 2 heterocycles. The Kier molecular flexibility index (Phi) is 2.90. The van der Waals surface area contributed by atoms with E-state index in [1.54, 1.807) is 0 Å². The number of rotatable bonds is 2. The summed E-state index contributed by atoms with van der Waals surface area (Å²) in [6, 6.07) is 6.31. The van der Waals surface area contributed by atoms with E-state index in [9.17, 15) is 4.79 Å². The fourth-order valence-corrected chi connectivity index (χ4v) is 3.87. The summed E-state index contributed by atoms with van der Waals surface area (Å²) < 4.78 is 4.87. The second kappa shape index (κ2) is 4.38. The largest absolute Gasteiger partial charge is 0.445 e. The third kappa shape index (κ3) is 1.77. The van der Waals surface area contributed by atoms with Gasteiger partial charge in [-0.1, -0.05) is 19.1 Å². The zero-order valence-electron chi connectivity index (χ0n) is 12.2. The standard InChI is InChI=1S/C15H21N3O2/c1-15-6-7-17(2)13(15)18(3)12-8-10(4-5-11(12)15)9-20-14(16)19/h4-5,8,13H,6-7,9H2,1-3H3,(H2,16,19). The zero-order valence-corrected chi connectivity index (χ0v) is 12.2. The van der Waals surface area contributed by atoms with Crippen molar-refractivity contribution in [3.63, 3.8) is 0 Å². The maximum absolute atomic E-state index is 10.7. The molecule has 1 fully saturated rings. The predicted octanol–water partition coefficient (Wildman–Crippen LogP) is 1.65. The van der Waals surface area contributed by atoms with Crippen LogP contribution in [-0.4, -0.2) is 37.8 Å². The molecule has 5 heteroatoms. The molecule has 1 aromatic rings. The minimum absolute atomic E-state index is 0.182. The quantitative estimate of drug-likeness (QED) is 0.891. The Hall–Kier alpha value is -1.75. The highest BCUT2D eigenvalue weighted by Gasteiger charge is 2.51. The molecule has 0 aliphatic carbocycles. The van der Waals surface area contributed by atoms with Gasteiger partial charge in [0.1, 0.15) is 6.61 Å². The fraction of sp³-hybridized carbons (Fsp3) is 0.533. The number of fused-ring (bicyclic) bond motifs is 3. The Balaban J connectivity index is 1.94. The normalized spacial score (nSPS) is 28.4. The number of likely N-dealkylation sites (N-methyl/N-ethyl adjacent to an activating group) is 2. The topological polar surface area (TPSA) is 58.8 Å². The van der Waals surface area contributed by atoms with Crippen LogP contribution in [0.25, 0.3) is 0 Å². The van der Waals surface area contributed by atoms with E-state index in [-0.39, 0.29) is 12.0 Å². The Labute approximate surface area is 119 Å². The number of ether oxygens (including phenoxy) is 1. The number of amides is 1. The van der Waals surface area contributed by atoms with Gasteiger partial charge in [-0.2, -0.15) is 0 Å². The lowest BCUT2D eigenvalue weighted by Gasteiger charge is -2.32. The maximum Gasteiger partial charge on any atom is 0.404 e. The van der Waals surface area contributed by atoms with Gasteiger partial charge in [-0.15, -0.1) is 0 Å². The van der Waals surface area contributed by atoms with Gasteiger partial charge >= 0.3 is 6.09 Å². The third-order valence-corrected chi connectivity index (χ3v) is 4.78. The molecule has 1 saturated heterocycles. The molecule has 3 rings (SSSR count). The van der Waals surface area contributed by atoms with E-state index in [1.165, 1.54) is 17.7 Å². The van der Waals surface area contributed by atoms with E-state index in [1.807, 2.05) is 6.07 Å². The smallest absolute Gasteiger partial charge is 0.404 e. The number of primary amides is 1. The van der Waals surface area contributed by atoms with Crippen LogP contribution in [0.4, 0.5) is 10.5 Å². The van der Waals surface area contributed by atoms with Gasteiger partial charge in [-0.05, 0) is 30.7 Å². The minimum atomic E-state index is -0.734. The fourth-order valence-electron chi connectivity index (χ4n) is 3.87. The predicted molar refractivity (Wildman–Crippen MR) is 77.6 cm³/mol. The minimum Gasteiger partial charge on any atom is -0.445 e. The summed E-state index contributed by atoms with van der Waals surface area (Å²) in [5.74, 6) is 0. The van der Waals surface area contributed by atoms with Gasteiger partial charge < -0.3 is 15.4 Å². The molecule has 1 amide bonds. The van der Waals surface area contributed by atoms with Crippen molar-refractivity contribution in [3.8, 4) is 0 Å². The van der Waals surface area contributed by atoms with Crippen molar-refractivity contribution in [2.24, 2.45) is 5.73 Å². The number of likely N-dealkylation sites (tertiary alicyclic amines) is 1. The van der Waals surface area contributed by atoms with E-state index in [2.05, 4.69) is 43.0 Å². The van der Waals surface area contributed by atoms with Crippen molar-refractivity contribution in [1.29, 1.82) is 0 Å². The van der Waals surface area contributed by atoms with Crippen LogP contribution in [0.1, 0.15) is 24.5 Å². The Morgan fingerprint density at radius 2 is 2.25 bits per heavy atom. The van der Waals surface area contributed by atoms with E-state index in [0.717, 1.165) is 12.1 Å². The molecule has 0 radical (unpaired) electrons. The molecule has 2 N–H and O–H groups in total. The van der Waals surface area contributed by atoms with Gasteiger partial charge in [-0.25, -0.2) is 4.79 Å². The molecule has 5 nitrogen and oxygen atoms in total. The zero-order chi connectivity index (χ0) is 14.5. The van der Waals surface area contributed by atoms with Crippen molar-refractivity contribution in [1.82, 2.24) is 4.90 Å². The van der Waals surface area contributed by atoms with Crippen molar-refractivity contribution in [2.75, 3.05) is 25.5 Å². The molecule has 0 spiro atoms. The summed E-state index contributed by atoms with van der Waals surface area (Å²) in [4.78, 5) is 15.4. The first kappa shape index (κ1) is 13.2. The van der Waals surface area contributed by atoms with E-state index in [4.69, 9.17) is 10.5 Å². The second-order valence-corrected chi connectivity index (χ2v) is 6.09. The molecular weight excluding hydrogens is 254 g/mol. The van der Waals surface area contributed by atoms with Crippen LogP contribution in [0.3, 0.4) is 0 Å². The molecule has 2 aliphatic heterocycles. The first-order valence-electron chi connectivity index (χ1n) is 6.92. The van der Waals surface area contributed by atoms with Crippen molar-refractivity contribution >= 4 is 11.8 Å². The van der Waals surface area contributed by atoms with Gasteiger partial charge in [0.2, 0.25) is 0 Å². The number of nitrogens with zero attached hydrogens (tertiary/aromatic N) is 2. The van der Waals surface area contributed by atoms with Gasteiger partial charge in [0.25, 0.3) is 0 Å². The summed E-state index contributed by atoms with van der Waals surface area (Å²) >= 11 is 0. The average molecular weight is 275 g/mol. The number of anilines is 1. The lowest BCUT2D eigenvalue weighted by molar-refractivity contribution is 0.150. The van der Waals surface area contributed by atoms with E-state index < -0.39 is 6.09 Å². The van der Waals surface area contributed by atoms with E-state index in [0.29, 0.717) is 6.17 Å². The molecule has 2 aliphatic rings. The molecule has 0 saturated carbocycles. The monoisotopic (exact) mass is 275 g/mol. The number of hydrogen-bond acceptors (Lipinski definition) is 4. The van der Waals surface area contributed by atoms with Crippen LogP contribution in [-0.2, 0) is 16.8 Å². The summed E-state index contributed by atoms with van der Waals surface area (Å²) in [6.07, 6.45) is 0.843. The van der Waals surface area contributed by atoms with Crippen LogP contribution in [0.2, 0.25) is 0 Å². The highest BCUT2D eigenvalue weighted by molar-refractivity contribution is 5.66. The number of hydrogen-bond donors (Lipinski definition) is 1. The Morgan fingerprint density at radius 3 is 2.95 bits per heavy atom. The highest BCUT2D eigenvalue weighted by atomic mass is 16.5. The second-order valence-electron chi connectivity index (χ2n) is 6.09. The first-order chi connectivity index (χ1) is 9.43. The molecule has 0 aromatic heterocycles. The average Bonchev–Trinajstić information content (AvgIpc) is 2.82. The molecule has 2 atom stereocenters. The number of nitrogens with two attached hydrogens (primary N) is 1. The summed E-state index contributed by atoms with van der Waals surface area (Å²) in [5.41, 5.74) is 8.79. The summed E-state index contributed by atoms with van der Waals surface area (Å²) in [6.45, 7) is 3.69. The molecule has 2 unspecified atom stereocenters. The number of benzene rings is 1. The van der Waals surface area contributed by atoms with Crippen molar-refractivity contribution < 1.29 is 9.53 Å². The maximum atomic E-state index is 10.7.